The predicted molar refractivity (Wildman–Crippen MR) is 121 cm³/mol. The van der Waals surface area contributed by atoms with E-state index in [9.17, 15) is 9.18 Å². The third-order valence-electron chi connectivity index (χ3n) is 5.42. The number of fused-ring (bicyclic) bond motifs is 1. The average Bonchev–Trinajstić information content (AvgIpc) is 2.79. The fraction of sp³-hybridized carbons (Fsp3) is 0.417. The third kappa shape index (κ3) is 6.70. The molecule has 1 heterocycles. The van der Waals surface area contributed by atoms with Crippen LogP contribution in [0.3, 0.4) is 0 Å². The Hall–Kier alpha value is -3.09. The van der Waals surface area contributed by atoms with Crippen LogP contribution in [0.2, 0.25) is 0 Å². The van der Waals surface area contributed by atoms with Crippen molar-refractivity contribution in [3.63, 3.8) is 0 Å². The molecule has 0 aliphatic carbocycles. The van der Waals surface area contributed by atoms with Crippen molar-refractivity contribution in [3.8, 4) is 5.75 Å². The number of ether oxygens (including phenoxy) is 1. The SMILES string of the molecule is CN=C(NCCCC(=O)N1CCc2ccccc2C1)N(C)CCOc1ccc(F)cc1. The number of halogens is 1. The number of aliphatic imine (C=N–C) groups is 1. The molecule has 7 heteroatoms. The van der Waals surface area contributed by atoms with E-state index in [1.807, 2.05) is 22.9 Å². The Morgan fingerprint density at radius 3 is 2.68 bits per heavy atom. The molecule has 3 rings (SSSR count). The lowest BCUT2D eigenvalue weighted by molar-refractivity contribution is -0.132. The Morgan fingerprint density at radius 1 is 1.19 bits per heavy atom. The summed E-state index contributed by atoms with van der Waals surface area (Å²) >= 11 is 0. The molecular weight excluding hydrogens is 395 g/mol. The van der Waals surface area contributed by atoms with Gasteiger partial charge in [-0.05, 0) is 48.2 Å². The number of amides is 1. The molecule has 6 nitrogen and oxygen atoms in total. The lowest BCUT2D eigenvalue weighted by Crippen LogP contribution is -2.41. The second-order valence-electron chi connectivity index (χ2n) is 7.64. The van der Waals surface area contributed by atoms with Gasteiger partial charge in [-0.25, -0.2) is 4.39 Å². The molecule has 0 radical (unpaired) electrons. The largest absolute Gasteiger partial charge is 0.492 e. The first kappa shape index (κ1) is 22.6. The molecule has 0 aromatic heterocycles. The number of hydrogen-bond donors (Lipinski definition) is 1. The van der Waals surface area contributed by atoms with Crippen molar-refractivity contribution in [1.29, 1.82) is 0 Å². The summed E-state index contributed by atoms with van der Waals surface area (Å²) in [5, 5.41) is 3.30. The van der Waals surface area contributed by atoms with Crippen molar-refractivity contribution in [1.82, 2.24) is 15.1 Å². The number of guanidine groups is 1. The number of nitrogens with zero attached hydrogens (tertiary/aromatic N) is 3. The van der Waals surface area contributed by atoms with Crippen LogP contribution >= 0.6 is 0 Å². The standard InChI is InChI=1S/C24H31FN4O2/c1-26-24(28(2)16-17-31-22-11-9-21(25)10-12-22)27-14-5-8-23(30)29-15-13-19-6-3-4-7-20(19)18-29/h3-4,6-7,9-12H,5,8,13-18H2,1-2H3,(H,26,27). The normalized spacial score (nSPS) is 13.5. The van der Waals surface area contributed by atoms with Gasteiger partial charge in [-0.1, -0.05) is 24.3 Å². The monoisotopic (exact) mass is 426 g/mol. The highest BCUT2D eigenvalue weighted by Crippen LogP contribution is 2.19. The van der Waals surface area contributed by atoms with Crippen LogP contribution in [0.25, 0.3) is 0 Å². The van der Waals surface area contributed by atoms with Gasteiger partial charge >= 0.3 is 0 Å². The second kappa shape index (κ2) is 11.3. The quantitative estimate of drug-likeness (QED) is 0.400. The number of carbonyl (C=O) groups is 1. The highest BCUT2D eigenvalue weighted by molar-refractivity contribution is 5.80. The maximum Gasteiger partial charge on any atom is 0.222 e. The molecule has 1 aliphatic heterocycles. The number of benzene rings is 2. The number of nitrogens with one attached hydrogen (secondary N) is 1. The van der Waals surface area contributed by atoms with E-state index in [1.165, 1.54) is 23.3 Å². The van der Waals surface area contributed by atoms with E-state index >= 15 is 0 Å². The fourth-order valence-corrected chi connectivity index (χ4v) is 3.63. The van der Waals surface area contributed by atoms with Crippen molar-refractivity contribution in [2.24, 2.45) is 4.99 Å². The molecule has 2 aromatic rings. The van der Waals surface area contributed by atoms with E-state index in [1.54, 1.807) is 19.2 Å². The number of hydrogen-bond acceptors (Lipinski definition) is 3. The Kier molecular flexibility index (Phi) is 8.27. The van der Waals surface area contributed by atoms with Gasteiger partial charge in [0.05, 0.1) is 6.54 Å². The van der Waals surface area contributed by atoms with Gasteiger partial charge in [0, 0.05) is 40.2 Å². The lowest BCUT2D eigenvalue weighted by Gasteiger charge is -2.29. The van der Waals surface area contributed by atoms with Crippen LogP contribution in [0.15, 0.2) is 53.5 Å². The van der Waals surface area contributed by atoms with Crippen LogP contribution in [0, 0.1) is 5.82 Å². The van der Waals surface area contributed by atoms with Crippen molar-refractivity contribution in [3.05, 3.63) is 65.5 Å². The van der Waals surface area contributed by atoms with Crippen LogP contribution < -0.4 is 10.1 Å². The van der Waals surface area contributed by atoms with E-state index in [0.717, 1.165) is 25.3 Å². The first-order chi connectivity index (χ1) is 15.1. The number of rotatable bonds is 8. The van der Waals surface area contributed by atoms with Crippen molar-refractivity contribution in [2.45, 2.75) is 25.8 Å². The van der Waals surface area contributed by atoms with Gasteiger partial charge in [0.25, 0.3) is 0 Å². The smallest absolute Gasteiger partial charge is 0.222 e. The molecule has 1 aliphatic rings. The third-order valence-corrected chi connectivity index (χ3v) is 5.42. The first-order valence-electron chi connectivity index (χ1n) is 10.7. The van der Waals surface area contributed by atoms with Crippen LogP contribution in [-0.4, -0.2) is 62.0 Å². The van der Waals surface area contributed by atoms with Crippen molar-refractivity contribution in [2.75, 3.05) is 40.3 Å². The molecule has 0 fully saturated rings. The zero-order chi connectivity index (χ0) is 22.1. The lowest BCUT2D eigenvalue weighted by atomic mass is 9.99. The molecule has 0 spiro atoms. The van der Waals surface area contributed by atoms with Crippen LogP contribution in [-0.2, 0) is 17.8 Å². The number of likely N-dealkylation sites (N-methyl/N-ethyl adjacent to an activating group) is 1. The van der Waals surface area contributed by atoms with Crippen LogP contribution in [0.4, 0.5) is 4.39 Å². The highest BCUT2D eigenvalue weighted by Gasteiger charge is 2.19. The van der Waals surface area contributed by atoms with Crippen LogP contribution in [0.1, 0.15) is 24.0 Å². The number of carbonyl (C=O) groups excluding carboxylic acids is 1. The van der Waals surface area contributed by atoms with Gasteiger partial charge in [0.2, 0.25) is 5.91 Å². The summed E-state index contributed by atoms with van der Waals surface area (Å²) < 4.78 is 18.6. The van der Waals surface area contributed by atoms with E-state index < -0.39 is 0 Å². The first-order valence-corrected chi connectivity index (χ1v) is 10.7. The molecule has 0 saturated carbocycles. The van der Waals surface area contributed by atoms with Gasteiger partial charge in [0.15, 0.2) is 5.96 Å². The summed E-state index contributed by atoms with van der Waals surface area (Å²) in [5.41, 5.74) is 2.61. The molecule has 2 aromatic carbocycles. The second-order valence-corrected chi connectivity index (χ2v) is 7.64. The van der Waals surface area contributed by atoms with Gasteiger partial charge in [-0.15, -0.1) is 0 Å². The van der Waals surface area contributed by atoms with E-state index in [-0.39, 0.29) is 11.7 Å². The average molecular weight is 427 g/mol. The molecule has 0 atom stereocenters. The maximum absolute atomic E-state index is 12.9. The summed E-state index contributed by atoms with van der Waals surface area (Å²) in [7, 11) is 3.66. The fourth-order valence-electron chi connectivity index (χ4n) is 3.63. The molecule has 1 N–H and O–H groups in total. The van der Waals surface area contributed by atoms with Gasteiger partial charge in [-0.3, -0.25) is 9.79 Å². The molecule has 31 heavy (non-hydrogen) atoms. The maximum atomic E-state index is 12.9. The minimum absolute atomic E-state index is 0.201. The highest BCUT2D eigenvalue weighted by atomic mass is 19.1. The minimum atomic E-state index is -0.280. The zero-order valence-electron chi connectivity index (χ0n) is 18.3. The van der Waals surface area contributed by atoms with Gasteiger partial charge in [0.1, 0.15) is 18.2 Å². The van der Waals surface area contributed by atoms with Gasteiger partial charge < -0.3 is 19.9 Å². The molecule has 166 valence electrons. The summed E-state index contributed by atoms with van der Waals surface area (Å²) in [6, 6.07) is 14.3. The summed E-state index contributed by atoms with van der Waals surface area (Å²) in [6.07, 6.45) is 2.19. The van der Waals surface area contributed by atoms with E-state index in [2.05, 4.69) is 28.5 Å². The molecular formula is C24H31FN4O2. The van der Waals surface area contributed by atoms with Crippen molar-refractivity contribution < 1.29 is 13.9 Å². The van der Waals surface area contributed by atoms with Crippen LogP contribution in [0.5, 0.6) is 5.75 Å². The Bertz CT molecular complexity index is 885. The topological polar surface area (TPSA) is 57.2 Å². The predicted octanol–water partition coefficient (Wildman–Crippen LogP) is 3.08. The van der Waals surface area contributed by atoms with E-state index in [4.69, 9.17) is 4.74 Å². The summed E-state index contributed by atoms with van der Waals surface area (Å²) in [6.45, 7) is 3.26. The molecule has 1 amide bonds. The molecule has 0 unspecified atom stereocenters. The Labute approximate surface area is 183 Å². The Morgan fingerprint density at radius 2 is 1.94 bits per heavy atom. The molecule has 0 bridgehead atoms. The van der Waals surface area contributed by atoms with Crippen molar-refractivity contribution >= 4 is 11.9 Å². The summed E-state index contributed by atoms with van der Waals surface area (Å²) in [4.78, 5) is 20.8. The zero-order valence-corrected chi connectivity index (χ0v) is 18.3. The summed E-state index contributed by atoms with van der Waals surface area (Å²) in [5.74, 6) is 1.31. The molecule has 0 saturated heterocycles. The Balaban J connectivity index is 1.34. The van der Waals surface area contributed by atoms with Gasteiger partial charge in [-0.2, -0.15) is 0 Å². The minimum Gasteiger partial charge on any atom is -0.492 e. The van der Waals surface area contributed by atoms with E-state index in [0.29, 0.717) is 38.4 Å².